The lowest BCUT2D eigenvalue weighted by molar-refractivity contribution is -0.119. The van der Waals surface area contributed by atoms with Crippen molar-refractivity contribution in [3.8, 4) is 0 Å². The molecular formula is C18H24N4OS. The van der Waals surface area contributed by atoms with Gasteiger partial charge in [-0.05, 0) is 24.8 Å². The van der Waals surface area contributed by atoms with Crippen LogP contribution in [0.15, 0.2) is 41.6 Å². The first-order valence-electron chi connectivity index (χ1n) is 8.02. The van der Waals surface area contributed by atoms with E-state index >= 15 is 0 Å². The Kier molecular flexibility index (Phi) is 6.61. The number of benzene rings is 1. The molecule has 1 unspecified atom stereocenters. The van der Waals surface area contributed by atoms with Crippen molar-refractivity contribution >= 4 is 23.5 Å². The van der Waals surface area contributed by atoms with Gasteiger partial charge in [0.15, 0.2) is 5.16 Å². The van der Waals surface area contributed by atoms with Crippen LogP contribution in [-0.4, -0.2) is 21.6 Å². The number of nitrogens with zero attached hydrogens (tertiary/aromatic N) is 2. The molecule has 5 nitrogen and oxygen atoms in total. The molecule has 3 N–H and O–H groups in total. The second-order valence-electron chi connectivity index (χ2n) is 6.17. The lowest BCUT2D eigenvalue weighted by Gasteiger charge is -2.21. The van der Waals surface area contributed by atoms with Crippen LogP contribution in [0.2, 0.25) is 0 Å². The highest BCUT2D eigenvalue weighted by molar-refractivity contribution is 7.99. The molecule has 0 spiro atoms. The number of carbonyl (C=O) groups excluding carboxylic acids is 1. The molecule has 1 aromatic carbocycles. The van der Waals surface area contributed by atoms with Crippen molar-refractivity contribution in [2.45, 2.75) is 38.4 Å². The average Bonchev–Trinajstić information content (AvgIpc) is 2.52. The van der Waals surface area contributed by atoms with E-state index < -0.39 is 0 Å². The Hall–Kier alpha value is -2.08. The fourth-order valence-corrected chi connectivity index (χ4v) is 3.15. The van der Waals surface area contributed by atoms with Crippen molar-refractivity contribution in [3.05, 3.63) is 47.7 Å². The molecule has 2 aromatic rings. The number of rotatable bonds is 7. The van der Waals surface area contributed by atoms with Gasteiger partial charge in [0.05, 0.1) is 11.8 Å². The summed E-state index contributed by atoms with van der Waals surface area (Å²) in [6.45, 7) is 6.16. The van der Waals surface area contributed by atoms with Gasteiger partial charge in [-0.1, -0.05) is 55.9 Å². The Bertz CT molecular complexity index is 656. The average molecular weight is 344 g/mol. The molecular weight excluding hydrogens is 320 g/mol. The van der Waals surface area contributed by atoms with Crippen LogP contribution in [0.4, 0.5) is 5.82 Å². The Morgan fingerprint density at radius 1 is 1.25 bits per heavy atom. The van der Waals surface area contributed by atoms with E-state index in [-0.39, 0.29) is 17.7 Å². The molecule has 0 aliphatic carbocycles. The summed E-state index contributed by atoms with van der Waals surface area (Å²) in [5, 5.41) is 3.65. The summed E-state index contributed by atoms with van der Waals surface area (Å²) in [6, 6.07) is 11.8. The largest absolute Gasteiger partial charge is 0.384 e. The van der Waals surface area contributed by atoms with E-state index in [2.05, 4.69) is 29.1 Å². The predicted octanol–water partition coefficient (Wildman–Crippen LogP) is 3.36. The molecule has 0 fully saturated rings. The third kappa shape index (κ3) is 5.85. The fraction of sp³-hybridized carbons (Fsp3) is 0.389. The van der Waals surface area contributed by atoms with Crippen molar-refractivity contribution in [2.24, 2.45) is 5.92 Å². The Morgan fingerprint density at radius 3 is 2.58 bits per heavy atom. The number of amides is 1. The zero-order valence-corrected chi connectivity index (χ0v) is 15.1. The molecule has 1 heterocycles. The molecule has 0 radical (unpaired) electrons. The number of anilines is 1. The zero-order chi connectivity index (χ0) is 17.5. The van der Waals surface area contributed by atoms with Crippen molar-refractivity contribution in [1.29, 1.82) is 0 Å². The summed E-state index contributed by atoms with van der Waals surface area (Å²) < 4.78 is 0. The number of nitrogens with one attached hydrogen (secondary N) is 1. The van der Waals surface area contributed by atoms with E-state index in [4.69, 9.17) is 5.73 Å². The van der Waals surface area contributed by atoms with Gasteiger partial charge in [-0.3, -0.25) is 4.79 Å². The van der Waals surface area contributed by atoms with Crippen LogP contribution in [0, 0.1) is 12.8 Å². The maximum Gasteiger partial charge on any atom is 0.230 e. The summed E-state index contributed by atoms with van der Waals surface area (Å²) >= 11 is 1.30. The van der Waals surface area contributed by atoms with Gasteiger partial charge in [-0.2, -0.15) is 0 Å². The highest BCUT2D eigenvalue weighted by Gasteiger charge is 2.16. The minimum atomic E-state index is -0.0295. The smallest absolute Gasteiger partial charge is 0.230 e. The van der Waals surface area contributed by atoms with Gasteiger partial charge in [0.25, 0.3) is 0 Å². The van der Waals surface area contributed by atoms with Gasteiger partial charge in [-0.15, -0.1) is 0 Å². The van der Waals surface area contributed by atoms with E-state index in [0.29, 0.717) is 16.9 Å². The Morgan fingerprint density at radius 2 is 1.96 bits per heavy atom. The summed E-state index contributed by atoms with van der Waals surface area (Å²) in [5.41, 5.74) is 7.64. The number of hydrogen-bond donors (Lipinski definition) is 2. The van der Waals surface area contributed by atoms with Crippen LogP contribution in [0.25, 0.3) is 0 Å². The first-order chi connectivity index (χ1) is 11.4. The highest BCUT2D eigenvalue weighted by Crippen LogP contribution is 2.22. The number of thioether (sulfide) groups is 1. The van der Waals surface area contributed by atoms with Gasteiger partial charge in [0.2, 0.25) is 5.91 Å². The number of carbonyl (C=O) groups is 1. The minimum absolute atomic E-state index is 0.0165. The third-order valence-electron chi connectivity index (χ3n) is 3.43. The van der Waals surface area contributed by atoms with Crippen molar-refractivity contribution in [2.75, 3.05) is 11.5 Å². The van der Waals surface area contributed by atoms with Crippen molar-refractivity contribution < 1.29 is 4.79 Å². The second kappa shape index (κ2) is 8.68. The van der Waals surface area contributed by atoms with E-state index in [0.717, 1.165) is 17.7 Å². The third-order valence-corrected chi connectivity index (χ3v) is 4.28. The lowest BCUT2D eigenvalue weighted by atomic mass is 9.97. The summed E-state index contributed by atoms with van der Waals surface area (Å²) in [4.78, 5) is 20.8. The monoisotopic (exact) mass is 344 g/mol. The van der Waals surface area contributed by atoms with Crippen LogP contribution in [0.3, 0.4) is 0 Å². The molecule has 24 heavy (non-hydrogen) atoms. The molecule has 1 aromatic heterocycles. The van der Waals surface area contributed by atoms with Gasteiger partial charge in [0, 0.05) is 11.8 Å². The van der Waals surface area contributed by atoms with Crippen LogP contribution in [0.1, 0.15) is 37.6 Å². The molecule has 0 saturated carbocycles. The summed E-state index contributed by atoms with van der Waals surface area (Å²) in [6.07, 6.45) is 0.897. The maximum absolute atomic E-state index is 12.3. The normalized spacial score (nSPS) is 12.2. The van der Waals surface area contributed by atoms with Gasteiger partial charge in [-0.25, -0.2) is 9.97 Å². The Balaban J connectivity index is 1.97. The van der Waals surface area contributed by atoms with Gasteiger partial charge >= 0.3 is 0 Å². The Labute approximate surface area is 147 Å². The predicted molar refractivity (Wildman–Crippen MR) is 98.7 cm³/mol. The molecule has 0 bridgehead atoms. The molecule has 1 amide bonds. The minimum Gasteiger partial charge on any atom is -0.384 e. The molecule has 0 saturated heterocycles. The van der Waals surface area contributed by atoms with E-state index in [9.17, 15) is 4.79 Å². The topological polar surface area (TPSA) is 80.9 Å². The quantitative estimate of drug-likeness (QED) is 0.594. The molecule has 2 rings (SSSR count). The molecule has 0 aliphatic heterocycles. The number of hydrogen-bond acceptors (Lipinski definition) is 5. The SMILES string of the molecule is Cc1cc(N)nc(SCC(=O)NC(CC(C)C)c2ccccc2)n1. The van der Waals surface area contributed by atoms with Crippen molar-refractivity contribution in [3.63, 3.8) is 0 Å². The van der Waals surface area contributed by atoms with Gasteiger partial charge < -0.3 is 11.1 Å². The van der Waals surface area contributed by atoms with E-state index in [1.54, 1.807) is 6.07 Å². The lowest BCUT2D eigenvalue weighted by Crippen LogP contribution is -2.30. The fourth-order valence-electron chi connectivity index (χ4n) is 2.43. The number of aryl methyl sites for hydroxylation is 1. The number of nitrogen functional groups attached to an aromatic ring is 1. The molecule has 1 atom stereocenters. The van der Waals surface area contributed by atoms with Crippen LogP contribution in [0.5, 0.6) is 0 Å². The first kappa shape index (κ1) is 18.3. The van der Waals surface area contributed by atoms with Crippen LogP contribution in [-0.2, 0) is 4.79 Å². The number of nitrogens with two attached hydrogens (primary N) is 1. The maximum atomic E-state index is 12.3. The molecule has 6 heteroatoms. The first-order valence-corrected chi connectivity index (χ1v) is 9.01. The van der Waals surface area contributed by atoms with Crippen LogP contribution < -0.4 is 11.1 Å². The highest BCUT2D eigenvalue weighted by atomic mass is 32.2. The standard InChI is InChI=1S/C18H24N4OS/c1-12(2)9-15(14-7-5-4-6-8-14)21-17(23)11-24-18-20-13(3)10-16(19)22-18/h4-8,10,12,15H,9,11H2,1-3H3,(H,21,23)(H2,19,20,22). The zero-order valence-electron chi connectivity index (χ0n) is 14.3. The summed E-state index contributed by atoms with van der Waals surface area (Å²) in [5.74, 6) is 1.15. The van der Waals surface area contributed by atoms with Crippen LogP contribution >= 0.6 is 11.8 Å². The summed E-state index contributed by atoms with van der Waals surface area (Å²) in [7, 11) is 0. The van der Waals surface area contributed by atoms with Crippen molar-refractivity contribution in [1.82, 2.24) is 15.3 Å². The number of aromatic nitrogens is 2. The molecule has 0 aliphatic rings. The molecule has 128 valence electrons. The second-order valence-corrected chi connectivity index (χ2v) is 7.11. The van der Waals surface area contributed by atoms with E-state index in [1.807, 2.05) is 37.3 Å². The van der Waals surface area contributed by atoms with E-state index in [1.165, 1.54) is 11.8 Å². The van der Waals surface area contributed by atoms with Gasteiger partial charge in [0.1, 0.15) is 5.82 Å².